The number of aryl methyl sites for hydroxylation is 3. The summed E-state index contributed by atoms with van der Waals surface area (Å²) in [5.41, 5.74) is 3.97. The van der Waals surface area contributed by atoms with Gasteiger partial charge in [0.15, 0.2) is 0 Å². The molecule has 0 saturated heterocycles. The molecule has 132 valence electrons. The molecule has 0 radical (unpaired) electrons. The first-order valence-corrected chi connectivity index (χ1v) is 11.0. The molecule has 0 heterocycles. The van der Waals surface area contributed by atoms with Crippen LogP contribution in [0.4, 0.5) is 0 Å². The van der Waals surface area contributed by atoms with Gasteiger partial charge in [-0.3, -0.25) is 0 Å². The number of hydrogen-bond donors (Lipinski definition) is 0. The molecule has 3 aromatic carbocycles. The number of benzene rings is 3. The Morgan fingerprint density at radius 3 is 0.960 bits per heavy atom. The Balaban J connectivity index is 0.00000225. The molecule has 0 aliphatic heterocycles. The minimum atomic E-state index is -1.97. The van der Waals surface area contributed by atoms with E-state index in [4.69, 9.17) is 0 Å². The monoisotopic (exact) mass is 370 g/mol. The zero-order valence-electron chi connectivity index (χ0n) is 15.5. The standard InChI is InChI=1S/C23H27P.ClH/c1-5-24(21-12-6-18(2)7-13-21,22-14-8-19(3)9-15-22)23-16-10-20(4)11-17-23;/h6-17,24H,5H2,1-4H3;1H. The Kier molecular flexibility index (Phi) is 6.44. The Bertz CT molecular complexity index is 691. The fourth-order valence-electron chi connectivity index (χ4n) is 3.63. The molecule has 0 saturated carbocycles. The molecule has 0 bridgehead atoms. The van der Waals surface area contributed by atoms with E-state index in [0.29, 0.717) is 0 Å². The van der Waals surface area contributed by atoms with Crippen LogP contribution in [0.3, 0.4) is 0 Å². The summed E-state index contributed by atoms with van der Waals surface area (Å²) in [5, 5.41) is 4.51. The van der Waals surface area contributed by atoms with Crippen LogP contribution in [-0.4, -0.2) is 6.16 Å². The van der Waals surface area contributed by atoms with Gasteiger partial charge in [-0.25, -0.2) is 0 Å². The SMILES string of the molecule is CC[PH](c1ccc(C)cc1)(c1ccc(C)cc1)c1ccc(C)cc1.Cl. The van der Waals surface area contributed by atoms with Crippen molar-refractivity contribution in [2.45, 2.75) is 27.7 Å². The molecule has 0 spiro atoms. The van der Waals surface area contributed by atoms with Gasteiger partial charge in [0.05, 0.1) is 0 Å². The van der Waals surface area contributed by atoms with E-state index >= 15 is 0 Å². The van der Waals surface area contributed by atoms with Crippen LogP contribution in [0, 0.1) is 20.8 Å². The largest absolute Gasteiger partial charge is 0.147 e. The summed E-state index contributed by atoms with van der Waals surface area (Å²) in [7, 11) is -1.97. The quantitative estimate of drug-likeness (QED) is 0.562. The molecule has 0 fully saturated rings. The molecular weight excluding hydrogens is 343 g/mol. The van der Waals surface area contributed by atoms with E-state index in [1.54, 1.807) is 0 Å². The van der Waals surface area contributed by atoms with Gasteiger partial charge < -0.3 is 0 Å². The number of rotatable bonds is 4. The first-order chi connectivity index (χ1) is 11.6. The summed E-state index contributed by atoms with van der Waals surface area (Å²) in [4.78, 5) is 0. The van der Waals surface area contributed by atoms with E-state index in [-0.39, 0.29) is 12.4 Å². The van der Waals surface area contributed by atoms with E-state index in [1.165, 1.54) is 38.8 Å². The van der Waals surface area contributed by atoms with Crippen molar-refractivity contribution in [1.82, 2.24) is 0 Å². The maximum atomic E-state index is 2.35. The molecule has 3 aromatic rings. The molecule has 0 atom stereocenters. The van der Waals surface area contributed by atoms with E-state index in [2.05, 4.69) is 100 Å². The van der Waals surface area contributed by atoms with E-state index in [0.717, 1.165) is 0 Å². The van der Waals surface area contributed by atoms with Crippen LogP contribution in [0.15, 0.2) is 72.8 Å². The van der Waals surface area contributed by atoms with Gasteiger partial charge in [-0.2, -0.15) is 0 Å². The molecule has 3 rings (SSSR count). The van der Waals surface area contributed by atoms with Gasteiger partial charge >= 0.3 is 147 Å². The van der Waals surface area contributed by atoms with Gasteiger partial charge in [-0.15, -0.1) is 12.4 Å². The molecule has 0 aromatic heterocycles. The average molecular weight is 371 g/mol. The van der Waals surface area contributed by atoms with Crippen molar-refractivity contribution in [3.05, 3.63) is 89.5 Å². The second kappa shape index (κ2) is 8.17. The molecular formula is C23H28ClP. The third kappa shape index (κ3) is 3.81. The molecule has 0 aliphatic rings. The zero-order chi connectivity index (χ0) is 17.2. The van der Waals surface area contributed by atoms with Crippen molar-refractivity contribution in [3.63, 3.8) is 0 Å². The van der Waals surface area contributed by atoms with Crippen molar-refractivity contribution in [1.29, 1.82) is 0 Å². The van der Waals surface area contributed by atoms with Crippen LogP contribution >= 0.6 is 19.7 Å². The summed E-state index contributed by atoms with van der Waals surface area (Å²) in [6.07, 6.45) is 1.17. The summed E-state index contributed by atoms with van der Waals surface area (Å²) in [5.74, 6) is 0. The van der Waals surface area contributed by atoms with Gasteiger partial charge in [0.25, 0.3) is 0 Å². The normalized spacial score (nSPS) is 11.7. The Morgan fingerprint density at radius 2 is 0.760 bits per heavy atom. The third-order valence-electron chi connectivity index (χ3n) is 5.16. The van der Waals surface area contributed by atoms with E-state index in [9.17, 15) is 0 Å². The van der Waals surface area contributed by atoms with Crippen LogP contribution in [0.25, 0.3) is 0 Å². The first-order valence-electron chi connectivity index (χ1n) is 8.77. The fourth-order valence-corrected chi connectivity index (χ4v) is 8.06. The van der Waals surface area contributed by atoms with Crippen LogP contribution in [0.5, 0.6) is 0 Å². The average Bonchev–Trinajstić information content (AvgIpc) is 2.60. The Morgan fingerprint density at radius 1 is 0.520 bits per heavy atom. The van der Waals surface area contributed by atoms with Gasteiger partial charge in [0.2, 0.25) is 0 Å². The van der Waals surface area contributed by atoms with E-state index < -0.39 is 7.26 Å². The molecule has 2 heteroatoms. The van der Waals surface area contributed by atoms with Gasteiger partial charge in [-0.1, -0.05) is 0 Å². The van der Waals surface area contributed by atoms with Crippen molar-refractivity contribution >= 4 is 35.6 Å². The number of halogens is 1. The van der Waals surface area contributed by atoms with E-state index in [1.807, 2.05) is 0 Å². The Labute approximate surface area is 159 Å². The summed E-state index contributed by atoms with van der Waals surface area (Å²) in [6, 6.07) is 27.7. The van der Waals surface area contributed by atoms with Crippen molar-refractivity contribution in [2.24, 2.45) is 0 Å². The van der Waals surface area contributed by atoms with Crippen LogP contribution < -0.4 is 15.9 Å². The molecule has 0 unspecified atom stereocenters. The van der Waals surface area contributed by atoms with Crippen LogP contribution in [0.1, 0.15) is 23.6 Å². The summed E-state index contributed by atoms with van der Waals surface area (Å²) >= 11 is 0. The van der Waals surface area contributed by atoms with Crippen LogP contribution in [0.2, 0.25) is 0 Å². The van der Waals surface area contributed by atoms with Crippen molar-refractivity contribution < 1.29 is 0 Å². The van der Waals surface area contributed by atoms with Gasteiger partial charge in [0.1, 0.15) is 0 Å². The first kappa shape index (κ1) is 19.7. The molecule has 0 amide bonds. The second-order valence-corrected chi connectivity index (χ2v) is 11.1. The Hall–Kier alpha value is -1.62. The predicted molar refractivity (Wildman–Crippen MR) is 119 cm³/mol. The minimum Gasteiger partial charge on any atom is -0.147 e. The van der Waals surface area contributed by atoms with Gasteiger partial charge in [0, 0.05) is 0 Å². The van der Waals surface area contributed by atoms with Crippen LogP contribution in [-0.2, 0) is 0 Å². The molecule has 0 N–H and O–H groups in total. The molecule has 0 nitrogen and oxygen atoms in total. The maximum absolute atomic E-state index is 2.35. The third-order valence-corrected chi connectivity index (χ3v) is 10.2. The summed E-state index contributed by atoms with van der Waals surface area (Å²) < 4.78 is 0. The van der Waals surface area contributed by atoms with Crippen molar-refractivity contribution in [2.75, 3.05) is 6.16 Å². The topological polar surface area (TPSA) is 0 Å². The van der Waals surface area contributed by atoms with Gasteiger partial charge in [-0.05, 0) is 0 Å². The predicted octanol–water partition coefficient (Wildman–Crippen LogP) is 5.08. The molecule has 0 aliphatic carbocycles. The number of hydrogen-bond acceptors (Lipinski definition) is 0. The van der Waals surface area contributed by atoms with Crippen molar-refractivity contribution in [3.8, 4) is 0 Å². The minimum absolute atomic E-state index is 0. The fraction of sp³-hybridized carbons (Fsp3) is 0.217. The summed E-state index contributed by atoms with van der Waals surface area (Å²) in [6.45, 7) is 8.84. The second-order valence-electron chi connectivity index (χ2n) is 6.86. The zero-order valence-corrected chi connectivity index (χ0v) is 17.4. The maximum Gasteiger partial charge on any atom is -0.147 e. The molecule has 25 heavy (non-hydrogen) atoms. The smallest absolute Gasteiger partial charge is 0.147 e.